The molecule has 1 atom stereocenters. The monoisotopic (exact) mass is 319 g/mol. The number of hydrogen-bond donors (Lipinski definition) is 2. The van der Waals surface area contributed by atoms with Crippen molar-refractivity contribution in [1.29, 1.82) is 0 Å². The number of nitrogens with one attached hydrogen (secondary N) is 2. The summed E-state index contributed by atoms with van der Waals surface area (Å²) in [5, 5.41) is 4.37. The molecule has 22 heavy (non-hydrogen) atoms. The van der Waals surface area contributed by atoms with Crippen molar-refractivity contribution in [1.82, 2.24) is 15.2 Å². The van der Waals surface area contributed by atoms with Gasteiger partial charge in [0.25, 0.3) is 5.91 Å². The molecule has 0 aliphatic carbocycles. The molecule has 5 nitrogen and oxygen atoms in total. The largest absolute Gasteiger partial charge is 0.357 e. The van der Waals surface area contributed by atoms with Gasteiger partial charge in [0.15, 0.2) is 5.54 Å². The molecular weight excluding hydrogens is 302 g/mol. The third kappa shape index (κ3) is 1.92. The van der Waals surface area contributed by atoms with Crippen LogP contribution in [0.5, 0.6) is 0 Å². The summed E-state index contributed by atoms with van der Waals surface area (Å²) in [5.74, 6) is -0.324. The van der Waals surface area contributed by atoms with Crippen molar-refractivity contribution in [3.05, 3.63) is 34.5 Å². The zero-order valence-electron chi connectivity index (χ0n) is 12.8. The molecule has 3 rings (SSSR count). The molecule has 0 radical (unpaired) electrons. The van der Waals surface area contributed by atoms with Gasteiger partial charge < -0.3 is 15.2 Å². The molecule has 0 bridgehead atoms. The number of likely N-dealkylation sites (N-methyl/N-ethyl adjacent to an activating group) is 1. The van der Waals surface area contributed by atoms with Crippen molar-refractivity contribution in [2.24, 2.45) is 0 Å². The first-order chi connectivity index (χ1) is 10.4. The van der Waals surface area contributed by atoms with E-state index in [9.17, 15) is 9.59 Å². The lowest BCUT2D eigenvalue weighted by molar-refractivity contribution is -0.147. The third-order valence-corrected chi connectivity index (χ3v) is 4.76. The van der Waals surface area contributed by atoms with Crippen LogP contribution in [0.4, 0.5) is 0 Å². The van der Waals surface area contributed by atoms with Crippen LogP contribution in [0.15, 0.2) is 18.2 Å². The number of benzene rings is 1. The summed E-state index contributed by atoms with van der Waals surface area (Å²) in [6, 6.07) is 5.64. The molecule has 116 valence electrons. The van der Waals surface area contributed by atoms with Crippen molar-refractivity contribution in [2.45, 2.75) is 25.8 Å². The van der Waals surface area contributed by atoms with Crippen LogP contribution in [0.25, 0.3) is 10.9 Å². The molecule has 1 unspecified atom stereocenters. The van der Waals surface area contributed by atoms with E-state index >= 15 is 0 Å². The minimum absolute atomic E-state index is 0.117. The first-order valence-electron chi connectivity index (χ1n) is 7.20. The Morgan fingerprint density at radius 1 is 1.41 bits per heavy atom. The SMILES string of the molecule is CNC(=O)C1(C)c2[nH]c3cc(Cl)ccc3c2CCN1C(C)=O. The van der Waals surface area contributed by atoms with Gasteiger partial charge in [0.2, 0.25) is 5.91 Å². The molecule has 1 aliphatic heterocycles. The van der Waals surface area contributed by atoms with Crippen LogP contribution in [-0.4, -0.2) is 35.3 Å². The fraction of sp³-hybridized carbons (Fsp3) is 0.375. The van der Waals surface area contributed by atoms with Crippen LogP contribution >= 0.6 is 11.6 Å². The Balaban J connectivity index is 2.29. The van der Waals surface area contributed by atoms with Gasteiger partial charge in [0.05, 0.1) is 5.69 Å². The highest BCUT2D eigenvalue weighted by Crippen LogP contribution is 2.39. The van der Waals surface area contributed by atoms with Gasteiger partial charge in [-0.1, -0.05) is 17.7 Å². The summed E-state index contributed by atoms with van der Waals surface area (Å²) in [5.41, 5.74) is 1.69. The highest BCUT2D eigenvalue weighted by Gasteiger charge is 2.47. The van der Waals surface area contributed by atoms with Gasteiger partial charge in [0.1, 0.15) is 0 Å². The first kappa shape index (κ1) is 14.9. The van der Waals surface area contributed by atoms with Gasteiger partial charge in [-0.2, -0.15) is 0 Å². The lowest BCUT2D eigenvalue weighted by atomic mass is 9.85. The van der Waals surface area contributed by atoms with E-state index < -0.39 is 5.54 Å². The summed E-state index contributed by atoms with van der Waals surface area (Å²) in [7, 11) is 1.58. The second-order valence-corrected chi connectivity index (χ2v) is 6.18. The van der Waals surface area contributed by atoms with Gasteiger partial charge in [-0.25, -0.2) is 0 Å². The minimum Gasteiger partial charge on any atom is -0.357 e. The average Bonchev–Trinajstić information content (AvgIpc) is 2.85. The van der Waals surface area contributed by atoms with E-state index in [1.54, 1.807) is 18.9 Å². The predicted octanol–water partition coefficient (Wildman–Crippen LogP) is 2.19. The quantitative estimate of drug-likeness (QED) is 0.846. The maximum absolute atomic E-state index is 12.6. The van der Waals surface area contributed by atoms with E-state index in [0.29, 0.717) is 18.0 Å². The van der Waals surface area contributed by atoms with Crippen LogP contribution in [0.2, 0.25) is 5.02 Å². The van der Waals surface area contributed by atoms with E-state index in [1.165, 1.54) is 6.92 Å². The molecule has 6 heteroatoms. The molecule has 2 heterocycles. The number of carbonyl (C=O) groups is 2. The zero-order chi connectivity index (χ0) is 16.1. The molecule has 1 aromatic heterocycles. The third-order valence-electron chi connectivity index (χ3n) is 4.53. The Morgan fingerprint density at radius 3 is 2.77 bits per heavy atom. The summed E-state index contributed by atoms with van der Waals surface area (Å²) in [6.45, 7) is 3.79. The number of aromatic amines is 1. The van der Waals surface area contributed by atoms with Crippen LogP contribution < -0.4 is 5.32 Å². The highest BCUT2D eigenvalue weighted by molar-refractivity contribution is 6.31. The van der Waals surface area contributed by atoms with Gasteiger partial charge >= 0.3 is 0 Å². The summed E-state index contributed by atoms with van der Waals surface area (Å²) < 4.78 is 0. The Hall–Kier alpha value is -2.01. The number of halogens is 1. The lowest BCUT2D eigenvalue weighted by Crippen LogP contribution is -2.58. The van der Waals surface area contributed by atoms with Crippen LogP contribution in [-0.2, 0) is 21.5 Å². The molecule has 2 amide bonds. The van der Waals surface area contributed by atoms with Crippen molar-refractivity contribution >= 4 is 34.3 Å². The van der Waals surface area contributed by atoms with Crippen molar-refractivity contribution < 1.29 is 9.59 Å². The van der Waals surface area contributed by atoms with Gasteiger partial charge in [0, 0.05) is 36.4 Å². The second-order valence-electron chi connectivity index (χ2n) is 5.74. The fourth-order valence-electron chi connectivity index (χ4n) is 3.44. The molecule has 0 saturated carbocycles. The number of hydrogen-bond acceptors (Lipinski definition) is 2. The molecule has 0 saturated heterocycles. The number of amides is 2. The van der Waals surface area contributed by atoms with E-state index in [1.807, 2.05) is 18.2 Å². The number of fused-ring (bicyclic) bond motifs is 3. The number of carbonyl (C=O) groups excluding carboxylic acids is 2. The maximum atomic E-state index is 12.6. The normalized spacial score (nSPS) is 20.8. The van der Waals surface area contributed by atoms with Crippen LogP contribution in [0.1, 0.15) is 25.1 Å². The van der Waals surface area contributed by atoms with E-state index in [0.717, 1.165) is 22.2 Å². The van der Waals surface area contributed by atoms with Crippen molar-refractivity contribution in [2.75, 3.05) is 13.6 Å². The number of rotatable bonds is 1. The number of H-pyrrole nitrogens is 1. The van der Waals surface area contributed by atoms with E-state index in [2.05, 4.69) is 10.3 Å². The predicted molar refractivity (Wildman–Crippen MR) is 85.8 cm³/mol. The average molecular weight is 320 g/mol. The van der Waals surface area contributed by atoms with Crippen molar-refractivity contribution in [3.63, 3.8) is 0 Å². The Morgan fingerprint density at radius 2 is 2.14 bits per heavy atom. The van der Waals surface area contributed by atoms with E-state index in [-0.39, 0.29) is 11.8 Å². The molecule has 2 aromatic rings. The summed E-state index contributed by atoms with van der Waals surface area (Å²) in [6.07, 6.45) is 0.711. The topological polar surface area (TPSA) is 65.2 Å². The summed E-state index contributed by atoms with van der Waals surface area (Å²) >= 11 is 6.06. The van der Waals surface area contributed by atoms with Crippen molar-refractivity contribution in [3.8, 4) is 0 Å². The molecule has 1 aliphatic rings. The number of nitrogens with zero attached hydrogens (tertiary/aromatic N) is 1. The maximum Gasteiger partial charge on any atom is 0.251 e. The molecule has 2 N–H and O–H groups in total. The Labute approximate surface area is 133 Å². The Bertz CT molecular complexity index is 783. The molecular formula is C16H18ClN3O2. The standard InChI is InChI=1S/C16H18ClN3O2/c1-9(21)20-7-6-12-11-5-4-10(17)8-13(11)19-14(12)16(20,2)15(22)18-3/h4-5,8,19H,6-7H2,1-3H3,(H,18,22). The summed E-state index contributed by atoms with van der Waals surface area (Å²) in [4.78, 5) is 29.5. The fourth-order valence-corrected chi connectivity index (χ4v) is 3.61. The molecule has 0 fully saturated rings. The van der Waals surface area contributed by atoms with Crippen LogP contribution in [0, 0.1) is 0 Å². The number of aromatic nitrogens is 1. The molecule has 1 aromatic carbocycles. The smallest absolute Gasteiger partial charge is 0.251 e. The lowest BCUT2D eigenvalue weighted by Gasteiger charge is -2.42. The van der Waals surface area contributed by atoms with Crippen LogP contribution in [0.3, 0.4) is 0 Å². The first-order valence-corrected chi connectivity index (χ1v) is 7.58. The second kappa shape index (κ2) is 5.02. The van der Waals surface area contributed by atoms with Gasteiger partial charge in [-0.15, -0.1) is 0 Å². The van der Waals surface area contributed by atoms with E-state index in [4.69, 9.17) is 11.6 Å². The van der Waals surface area contributed by atoms with Gasteiger partial charge in [-0.3, -0.25) is 9.59 Å². The molecule has 0 spiro atoms. The zero-order valence-corrected chi connectivity index (χ0v) is 13.5. The highest BCUT2D eigenvalue weighted by atomic mass is 35.5. The Kier molecular flexibility index (Phi) is 3.40. The minimum atomic E-state index is -1.04. The van der Waals surface area contributed by atoms with Gasteiger partial charge in [-0.05, 0) is 31.0 Å².